The quantitative estimate of drug-likeness (QED) is 0.765. The SMILES string of the molecule is C#CCCC(NC)c1c(C)oc(C)c1C. The van der Waals surface area contributed by atoms with Gasteiger partial charge in [-0.15, -0.1) is 12.3 Å². The van der Waals surface area contributed by atoms with Crippen molar-refractivity contribution in [3.05, 3.63) is 22.6 Å². The van der Waals surface area contributed by atoms with Gasteiger partial charge in [-0.25, -0.2) is 0 Å². The second-order valence-corrected chi connectivity index (χ2v) is 3.84. The Morgan fingerprint density at radius 1 is 1.33 bits per heavy atom. The minimum absolute atomic E-state index is 0.304. The Hall–Kier alpha value is -1.20. The Morgan fingerprint density at radius 3 is 2.40 bits per heavy atom. The summed E-state index contributed by atoms with van der Waals surface area (Å²) in [6.07, 6.45) is 7.03. The van der Waals surface area contributed by atoms with E-state index >= 15 is 0 Å². The molecule has 0 saturated carbocycles. The van der Waals surface area contributed by atoms with E-state index in [0.717, 1.165) is 24.4 Å². The van der Waals surface area contributed by atoms with Gasteiger partial charge in [0.25, 0.3) is 0 Å². The molecule has 0 aliphatic rings. The average molecular weight is 205 g/mol. The van der Waals surface area contributed by atoms with Crippen LogP contribution >= 0.6 is 0 Å². The minimum Gasteiger partial charge on any atom is -0.466 e. The summed E-state index contributed by atoms with van der Waals surface area (Å²) < 4.78 is 5.62. The van der Waals surface area contributed by atoms with E-state index in [2.05, 4.69) is 18.2 Å². The lowest BCUT2D eigenvalue weighted by molar-refractivity contribution is 0.485. The minimum atomic E-state index is 0.304. The van der Waals surface area contributed by atoms with Crippen LogP contribution in [0.4, 0.5) is 0 Å². The monoisotopic (exact) mass is 205 g/mol. The highest BCUT2D eigenvalue weighted by atomic mass is 16.3. The molecule has 0 radical (unpaired) electrons. The molecule has 1 rings (SSSR count). The van der Waals surface area contributed by atoms with Crippen molar-refractivity contribution < 1.29 is 4.42 Å². The molecule has 1 unspecified atom stereocenters. The van der Waals surface area contributed by atoms with Gasteiger partial charge in [0.2, 0.25) is 0 Å². The molecule has 2 heteroatoms. The van der Waals surface area contributed by atoms with Crippen molar-refractivity contribution >= 4 is 0 Å². The molecular formula is C13H19NO. The Bertz CT molecular complexity index is 371. The summed E-state index contributed by atoms with van der Waals surface area (Å²) in [5.41, 5.74) is 2.51. The fraction of sp³-hybridized carbons (Fsp3) is 0.538. The maximum absolute atomic E-state index is 5.62. The van der Waals surface area contributed by atoms with Crippen LogP contribution in [0.3, 0.4) is 0 Å². The maximum atomic E-state index is 5.62. The number of rotatable bonds is 4. The van der Waals surface area contributed by atoms with E-state index in [4.69, 9.17) is 10.8 Å². The van der Waals surface area contributed by atoms with Crippen LogP contribution in [-0.4, -0.2) is 7.05 Å². The highest BCUT2D eigenvalue weighted by molar-refractivity contribution is 5.34. The van der Waals surface area contributed by atoms with Gasteiger partial charge >= 0.3 is 0 Å². The molecule has 0 aromatic carbocycles. The highest BCUT2D eigenvalue weighted by Crippen LogP contribution is 2.29. The van der Waals surface area contributed by atoms with Crippen molar-refractivity contribution in [1.82, 2.24) is 5.32 Å². The van der Waals surface area contributed by atoms with Crippen LogP contribution in [-0.2, 0) is 0 Å². The molecular weight excluding hydrogens is 186 g/mol. The summed E-state index contributed by atoms with van der Waals surface area (Å²) in [5, 5.41) is 3.29. The molecule has 0 spiro atoms. The summed E-state index contributed by atoms with van der Waals surface area (Å²) in [6.45, 7) is 6.11. The molecule has 1 heterocycles. The molecule has 1 aromatic rings. The third-order valence-corrected chi connectivity index (χ3v) is 2.89. The first-order chi connectivity index (χ1) is 7.11. The Kier molecular flexibility index (Phi) is 3.99. The van der Waals surface area contributed by atoms with E-state index in [-0.39, 0.29) is 0 Å². The number of aryl methyl sites for hydroxylation is 2. The zero-order valence-corrected chi connectivity index (χ0v) is 9.98. The number of furan rings is 1. The lowest BCUT2D eigenvalue weighted by atomic mass is 9.98. The zero-order chi connectivity index (χ0) is 11.4. The van der Waals surface area contributed by atoms with Crippen molar-refractivity contribution in [2.75, 3.05) is 7.05 Å². The van der Waals surface area contributed by atoms with Gasteiger partial charge in [-0.2, -0.15) is 0 Å². The van der Waals surface area contributed by atoms with Crippen LogP contribution in [0, 0.1) is 33.1 Å². The first-order valence-electron chi connectivity index (χ1n) is 5.29. The van der Waals surface area contributed by atoms with E-state index in [0.29, 0.717) is 6.04 Å². The average Bonchev–Trinajstić information content (AvgIpc) is 2.45. The standard InChI is InChI=1S/C13H19NO/c1-6-7-8-12(14-5)13-9(2)10(3)15-11(13)4/h1,12,14H,7-8H2,2-5H3. The van der Waals surface area contributed by atoms with E-state index in [1.165, 1.54) is 11.1 Å². The van der Waals surface area contributed by atoms with E-state index in [1.807, 2.05) is 20.9 Å². The second-order valence-electron chi connectivity index (χ2n) is 3.84. The van der Waals surface area contributed by atoms with Gasteiger partial charge in [0.15, 0.2) is 0 Å². The van der Waals surface area contributed by atoms with Crippen molar-refractivity contribution in [2.45, 2.75) is 39.7 Å². The van der Waals surface area contributed by atoms with Crippen LogP contribution in [0.25, 0.3) is 0 Å². The topological polar surface area (TPSA) is 25.2 Å². The van der Waals surface area contributed by atoms with Crippen molar-refractivity contribution in [3.63, 3.8) is 0 Å². The molecule has 0 aliphatic heterocycles. The lowest BCUT2D eigenvalue weighted by Crippen LogP contribution is -2.17. The molecule has 15 heavy (non-hydrogen) atoms. The number of hydrogen-bond donors (Lipinski definition) is 1. The molecule has 1 N–H and O–H groups in total. The Morgan fingerprint density at radius 2 is 2.00 bits per heavy atom. The summed E-state index contributed by atoms with van der Waals surface area (Å²) in [5.74, 6) is 4.68. The second kappa shape index (κ2) is 5.04. The smallest absolute Gasteiger partial charge is 0.106 e. The van der Waals surface area contributed by atoms with Crippen LogP contribution in [0.15, 0.2) is 4.42 Å². The predicted octanol–water partition coefficient (Wildman–Crippen LogP) is 2.88. The van der Waals surface area contributed by atoms with Crippen LogP contribution in [0.2, 0.25) is 0 Å². The molecule has 0 aliphatic carbocycles. The summed E-state index contributed by atoms with van der Waals surface area (Å²) in [7, 11) is 1.96. The fourth-order valence-electron chi connectivity index (χ4n) is 1.98. The summed E-state index contributed by atoms with van der Waals surface area (Å²) in [6, 6.07) is 0.304. The van der Waals surface area contributed by atoms with Crippen LogP contribution in [0.1, 0.15) is 41.5 Å². The molecule has 1 aromatic heterocycles. The molecule has 82 valence electrons. The van der Waals surface area contributed by atoms with Crippen LogP contribution < -0.4 is 5.32 Å². The van der Waals surface area contributed by atoms with E-state index in [9.17, 15) is 0 Å². The third kappa shape index (κ3) is 2.43. The number of hydrogen-bond acceptors (Lipinski definition) is 2. The lowest BCUT2D eigenvalue weighted by Gasteiger charge is -2.15. The van der Waals surface area contributed by atoms with Gasteiger partial charge in [0.05, 0.1) is 0 Å². The van der Waals surface area contributed by atoms with Crippen molar-refractivity contribution in [1.29, 1.82) is 0 Å². The first-order valence-corrected chi connectivity index (χ1v) is 5.29. The predicted molar refractivity (Wildman–Crippen MR) is 62.8 cm³/mol. The molecule has 2 nitrogen and oxygen atoms in total. The molecule has 0 amide bonds. The van der Waals surface area contributed by atoms with Crippen molar-refractivity contribution in [2.24, 2.45) is 0 Å². The molecule has 0 saturated heterocycles. The zero-order valence-electron chi connectivity index (χ0n) is 9.98. The largest absolute Gasteiger partial charge is 0.466 e. The van der Waals surface area contributed by atoms with E-state index in [1.54, 1.807) is 0 Å². The van der Waals surface area contributed by atoms with Crippen LogP contribution in [0.5, 0.6) is 0 Å². The number of terminal acetylenes is 1. The Balaban J connectivity index is 2.96. The first kappa shape index (κ1) is 11.9. The fourth-order valence-corrected chi connectivity index (χ4v) is 1.98. The van der Waals surface area contributed by atoms with Gasteiger partial charge in [0.1, 0.15) is 11.5 Å². The van der Waals surface area contributed by atoms with Gasteiger partial charge in [0, 0.05) is 18.0 Å². The molecule has 0 fully saturated rings. The van der Waals surface area contributed by atoms with Gasteiger partial charge in [-0.1, -0.05) is 0 Å². The van der Waals surface area contributed by atoms with Gasteiger partial charge in [-0.05, 0) is 39.8 Å². The number of nitrogens with one attached hydrogen (secondary N) is 1. The highest BCUT2D eigenvalue weighted by Gasteiger charge is 2.18. The molecule has 1 atom stereocenters. The Labute approximate surface area is 92.1 Å². The summed E-state index contributed by atoms with van der Waals surface area (Å²) in [4.78, 5) is 0. The summed E-state index contributed by atoms with van der Waals surface area (Å²) >= 11 is 0. The van der Waals surface area contributed by atoms with Crippen molar-refractivity contribution in [3.8, 4) is 12.3 Å². The van der Waals surface area contributed by atoms with Gasteiger partial charge in [-0.3, -0.25) is 0 Å². The van der Waals surface area contributed by atoms with E-state index < -0.39 is 0 Å². The maximum Gasteiger partial charge on any atom is 0.106 e. The normalized spacial score (nSPS) is 12.5. The third-order valence-electron chi connectivity index (χ3n) is 2.89. The van der Waals surface area contributed by atoms with Gasteiger partial charge < -0.3 is 9.73 Å². The molecule has 0 bridgehead atoms.